The summed E-state index contributed by atoms with van der Waals surface area (Å²) in [6.45, 7) is 15.9. The van der Waals surface area contributed by atoms with Crippen molar-refractivity contribution < 1.29 is 35.1 Å². The number of halogens is 12. The van der Waals surface area contributed by atoms with Crippen LogP contribution in [0.5, 0.6) is 0 Å². The molecule has 0 N–H and O–H groups in total. The van der Waals surface area contributed by atoms with Crippen LogP contribution in [-0.4, -0.2) is 0 Å². The third-order valence-corrected chi connectivity index (χ3v) is 9.14. The Morgan fingerprint density at radius 1 is 0.288 bits per heavy atom. The first-order chi connectivity index (χ1) is 23.9. The van der Waals surface area contributed by atoms with Crippen LogP contribution in [0.1, 0.15) is 55.6 Å². The minimum atomic E-state index is -1.09. The summed E-state index contributed by atoms with van der Waals surface area (Å²) in [5.41, 5.74) is 4.24. The molecular weight excluding hydrogens is 774 g/mol. The first-order valence-corrected chi connectivity index (χ1v) is 16.9. The van der Waals surface area contributed by atoms with Gasteiger partial charge in [-0.1, -0.05) is 46.4 Å². The molecule has 0 nitrogen and oxygen atoms in total. The monoisotopic (exact) mass is 810 g/mol. The second-order valence-electron chi connectivity index (χ2n) is 11.9. The van der Waals surface area contributed by atoms with Gasteiger partial charge in [-0.15, -0.1) is 0 Å². The van der Waals surface area contributed by atoms with Crippen LogP contribution in [-0.2, 0) is 0 Å². The van der Waals surface area contributed by atoms with Crippen molar-refractivity contribution in [3.05, 3.63) is 171 Å². The van der Waals surface area contributed by atoms with Gasteiger partial charge in [-0.2, -0.15) is 0 Å². The summed E-state index contributed by atoms with van der Waals surface area (Å²) < 4.78 is 101. The Morgan fingerprint density at radius 2 is 0.558 bits per heavy atom. The van der Waals surface area contributed by atoms with Crippen molar-refractivity contribution in [2.75, 3.05) is 0 Å². The molecule has 0 aliphatic carbocycles. The molecule has 0 unspecified atom stereocenters. The van der Waals surface area contributed by atoms with E-state index in [0.29, 0.717) is 27.3 Å². The Bertz CT molecular complexity index is 1630. The standard InChI is InChI=1S/C8H8Cl2.C8H7ClF2.C8H8ClF.C8H7F3.C8H8F2/c1-5-3-8(10)6(2)4-7(5)9;1-4-3-6(10)5(2)8(11)7(4)9;1-5-4-8(10)6(2)3-7(5)9;1-4-3-6(9)5(2)8(11)7(4)10;1-5-3-8(10)6(2)4-7(5)9/h3-4H,1-2H3;3H,1-2H3;3-4H,1-2H3;3H,1-2H3;3-4H,1-2H3. The van der Waals surface area contributed by atoms with Gasteiger partial charge >= 0.3 is 0 Å². The molecule has 0 atom stereocenters. The van der Waals surface area contributed by atoms with Crippen LogP contribution in [0.4, 0.5) is 35.1 Å². The van der Waals surface area contributed by atoms with Crippen LogP contribution in [0.2, 0.25) is 20.1 Å². The number of hydrogen-bond donors (Lipinski definition) is 0. The maximum absolute atomic E-state index is 12.9. The second kappa shape index (κ2) is 20.8. The summed E-state index contributed by atoms with van der Waals surface area (Å²) >= 11 is 22.9. The van der Waals surface area contributed by atoms with Gasteiger partial charge in [0.2, 0.25) is 0 Å². The van der Waals surface area contributed by atoms with E-state index in [-0.39, 0.29) is 39.2 Å². The minimum absolute atomic E-state index is 0.00361. The van der Waals surface area contributed by atoms with Gasteiger partial charge in [0.25, 0.3) is 0 Å². The van der Waals surface area contributed by atoms with E-state index in [9.17, 15) is 35.1 Å². The summed E-state index contributed by atoms with van der Waals surface area (Å²) in [6, 6.07) is 11.4. The fraction of sp³-hybridized carbons (Fsp3) is 0.250. The first kappa shape index (κ1) is 46.7. The second-order valence-corrected chi connectivity index (χ2v) is 13.5. The van der Waals surface area contributed by atoms with Crippen molar-refractivity contribution in [1.82, 2.24) is 0 Å². The molecule has 282 valence electrons. The molecule has 0 radical (unpaired) electrons. The van der Waals surface area contributed by atoms with Gasteiger partial charge in [-0.3, -0.25) is 0 Å². The van der Waals surface area contributed by atoms with Gasteiger partial charge in [0.1, 0.15) is 34.9 Å². The van der Waals surface area contributed by atoms with Crippen LogP contribution in [0.15, 0.2) is 48.5 Å². The molecule has 0 saturated heterocycles. The number of rotatable bonds is 0. The van der Waals surface area contributed by atoms with Crippen molar-refractivity contribution in [3.63, 3.8) is 0 Å². The van der Waals surface area contributed by atoms with E-state index in [4.69, 9.17) is 46.4 Å². The average molecular weight is 813 g/mol. The van der Waals surface area contributed by atoms with Crippen LogP contribution >= 0.6 is 46.4 Å². The molecule has 0 heterocycles. The molecule has 5 rings (SSSR count). The molecule has 52 heavy (non-hydrogen) atoms. The van der Waals surface area contributed by atoms with Crippen LogP contribution in [0.25, 0.3) is 0 Å². The Morgan fingerprint density at radius 3 is 0.942 bits per heavy atom. The van der Waals surface area contributed by atoms with E-state index in [1.165, 1.54) is 58.9 Å². The van der Waals surface area contributed by atoms with Gasteiger partial charge in [0.05, 0.1) is 5.02 Å². The summed E-state index contributed by atoms with van der Waals surface area (Å²) in [4.78, 5) is 0. The van der Waals surface area contributed by atoms with E-state index >= 15 is 0 Å². The summed E-state index contributed by atoms with van der Waals surface area (Å²) in [7, 11) is 0. The molecular formula is C40H38Cl4F8. The van der Waals surface area contributed by atoms with E-state index in [1.807, 2.05) is 26.0 Å². The highest BCUT2D eigenvalue weighted by atomic mass is 35.5. The molecule has 0 spiro atoms. The van der Waals surface area contributed by atoms with Crippen molar-refractivity contribution in [2.45, 2.75) is 69.2 Å². The van der Waals surface area contributed by atoms with Crippen molar-refractivity contribution >= 4 is 46.4 Å². The van der Waals surface area contributed by atoms with Gasteiger partial charge < -0.3 is 0 Å². The molecule has 5 aromatic rings. The van der Waals surface area contributed by atoms with E-state index in [2.05, 4.69) is 0 Å². The van der Waals surface area contributed by atoms with Crippen molar-refractivity contribution in [1.29, 1.82) is 0 Å². The molecule has 5 aromatic carbocycles. The zero-order valence-electron chi connectivity index (χ0n) is 30.2. The summed E-state index contributed by atoms with van der Waals surface area (Å²) in [5.74, 6) is -4.87. The largest absolute Gasteiger partial charge is 0.207 e. The highest BCUT2D eigenvalue weighted by Gasteiger charge is 2.12. The Hall–Kier alpha value is -3.30. The highest BCUT2D eigenvalue weighted by molar-refractivity contribution is 6.34. The topological polar surface area (TPSA) is 0 Å². The van der Waals surface area contributed by atoms with Gasteiger partial charge in [-0.25, -0.2) is 35.1 Å². The number of benzene rings is 5. The quantitative estimate of drug-likeness (QED) is 0.108. The van der Waals surface area contributed by atoms with Crippen LogP contribution in [0, 0.1) is 116 Å². The van der Waals surface area contributed by atoms with Gasteiger partial charge in [0, 0.05) is 26.2 Å². The molecule has 0 bridgehead atoms. The molecule has 0 saturated carbocycles. The predicted molar refractivity (Wildman–Crippen MR) is 199 cm³/mol. The lowest BCUT2D eigenvalue weighted by Crippen LogP contribution is -1.96. The lowest BCUT2D eigenvalue weighted by Gasteiger charge is -2.03. The average Bonchev–Trinajstić information content (AvgIpc) is 3.07. The maximum atomic E-state index is 12.9. The Kier molecular flexibility index (Phi) is 18.7. The van der Waals surface area contributed by atoms with E-state index in [0.717, 1.165) is 32.8 Å². The van der Waals surface area contributed by atoms with Crippen molar-refractivity contribution in [3.8, 4) is 0 Å². The number of hydrogen-bond acceptors (Lipinski definition) is 0. The van der Waals surface area contributed by atoms with Crippen LogP contribution in [0.3, 0.4) is 0 Å². The molecule has 12 heteroatoms. The normalized spacial score (nSPS) is 10.1. The van der Waals surface area contributed by atoms with Crippen LogP contribution < -0.4 is 0 Å². The maximum Gasteiger partial charge on any atom is 0.164 e. The lowest BCUT2D eigenvalue weighted by atomic mass is 10.1. The van der Waals surface area contributed by atoms with Gasteiger partial charge in [0.15, 0.2) is 11.6 Å². The zero-order valence-corrected chi connectivity index (χ0v) is 33.2. The number of aryl methyl sites for hydroxylation is 8. The van der Waals surface area contributed by atoms with E-state index in [1.54, 1.807) is 26.8 Å². The molecule has 0 fully saturated rings. The third kappa shape index (κ3) is 13.6. The van der Waals surface area contributed by atoms with Crippen molar-refractivity contribution in [2.24, 2.45) is 0 Å². The third-order valence-electron chi connectivity index (χ3n) is 7.46. The minimum Gasteiger partial charge on any atom is -0.207 e. The smallest absolute Gasteiger partial charge is 0.164 e. The molecule has 0 amide bonds. The van der Waals surface area contributed by atoms with E-state index < -0.39 is 29.1 Å². The van der Waals surface area contributed by atoms with Gasteiger partial charge in [-0.05, 0) is 162 Å². The fourth-order valence-corrected chi connectivity index (χ4v) is 4.70. The Balaban J connectivity index is 0.000000325. The fourth-order valence-electron chi connectivity index (χ4n) is 3.85. The summed E-state index contributed by atoms with van der Waals surface area (Å²) in [5, 5.41) is 2.19. The molecule has 0 aliphatic heterocycles. The highest BCUT2D eigenvalue weighted by Crippen LogP contribution is 2.25. The molecule has 0 aliphatic rings. The Labute approximate surface area is 320 Å². The SMILES string of the molecule is Cc1cc(Cl)c(C)cc1Cl.Cc1cc(Cl)c(C)cc1F.Cc1cc(F)c(C)c(F)c1Cl.Cc1cc(F)c(C)c(F)c1F.Cc1cc(F)c(C)cc1F. The lowest BCUT2D eigenvalue weighted by molar-refractivity contribution is 0.480. The first-order valence-electron chi connectivity index (χ1n) is 15.4. The summed E-state index contributed by atoms with van der Waals surface area (Å²) in [6.07, 6.45) is 0. The predicted octanol–water partition coefficient (Wildman–Crippen LogP) is 15.2. The zero-order chi connectivity index (χ0) is 40.4. The molecule has 0 aromatic heterocycles.